The van der Waals surface area contributed by atoms with E-state index in [0.29, 0.717) is 35.0 Å². The number of esters is 1. The molecule has 0 bridgehead atoms. The molecular weight excluding hydrogens is 388 g/mol. The maximum atomic E-state index is 12.7. The summed E-state index contributed by atoms with van der Waals surface area (Å²) in [5.41, 5.74) is 2.66. The molecule has 0 aliphatic rings. The maximum absolute atomic E-state index is 12.7. The number of rotatable bonds is 7. The predicted molar refractivity (Wildman–Crippen MR) is 113 cm³/mol. The number of anilines is 1. The first-order chi connectivity index (χ1) is 14.0. The van der Waals surface area contributed by atoms with E-state index in [-0.39, 0.29) is 5.91 Å². The Morgan fingerprint density at radius 1 is 1.10 bits per heavy atom. The molecule has 29 heavy (non-hydrogen) atoms. The first-order valence-electron chi connectivity index (χ1n) is 9.20. The third kappa shape index (κ3) is 5.42. The number of aromatic nitrogens is 1. The van der Waals surface area contributed by atoms with E-state index < -0.39 is 5.97 Å². The Kier molecular flexibility index (Phi) is 6.61. The Morgan fingerprint density at radius 3 is 2.66 bits per heavy atom. The quantitative estimate of drug-likeness (QED) is 0.568. The van der Waals surface area contributed by atoms with Crippen LogP contribution in [0.25, 0.3) is 0 Å². The van der Waals surface area contributed by atoms with Crippen LogP contribution in [0.1, 0.15) is 43.2 Å². The van der Waals surface area contributed by atoms with Gasteiger partial charge in [-0.1, -0.05) is 18.2 Å². The molecule has 150 valence electrons. The van der Waals surface area contributed by atoms with E-state index in [9.17, 15) is 9.59 Å². The largest absolute Gasteiger partial charge is 0.486 e. The molecule has 6 nitrogen and oxygen atoms in total. The molecule has 1 N–H and O–H groups in total. The van der Waals surface area contributed by atoms with Crippen molar-refractivity contribution >= 4 is 28.9 Å². The van der Waals surface area contributed by atoms with Crippen LogP contribution in [-0.2, 0) is 11.3 Å². The van der Waals surface area contributed by atoms with E-state index in [1.165, 1.54) is 11.3 Å². The van der Waals surface area contributed by atoms with Gasteiger partial charge in [-0.05, 0) is 56.7 Å². The van der Waals surface area contributed by atoms with Crippen molar-refractivity contribution in [1.82, 2.24) is 4.98 Å². The van der Waals surface area contributed by atoms with E-state index in [1.54, 1.807) is 38.1 Å². The Balaban J connectivity index is 1.67. The van der Waals surface area contributed by atoms with Gasteiger partial charge in [-0.15, -0.1) is 11.3 Å². The van der Waals surface area contributed by atoms with Crippen molar-refractivity contribution in [3.05, 3.63) is 75.2 Å². The SMILES string of the molecule is CCOC(=O)c1cccc(NC(=O)c2sc(COc3cccc(C)c3)nc2C)c1. The van der Waals surface area contributed by atoms with Gasteiger partial charge in [0.25, 0.3) is 5.91 Å². The number of hydrogen-bond acceptors (Lipinski definition) is 6. The van der Waals surface area contributed by atoms with E-state index >= 15 is 0 Å². The summed E-state index contributed by atoms with van der Waals surface area (Å²) in [6.45, 7) is 6.12. The van der Waals surface area contributed by atoms with E-state index in [4.69, 9.17) is 9.47 Å². The number of aryl methyl sites for hydroxylation is 2. The van der Waals surface area contributed by atoms with Crippen molar-refractivity contribution in [2.45, 2.75) is 27.4 Å². The summed E-state index contributed by atoms with van der Waals surface area (Å²) in [5.74, 6) is 0.0654. The number of carbonyl (C=O) groups excluding carboxylic acids is 2. The van der Waals surface area contributed by atoms with Gasteiger partial charge in [-0.3, -0.25) is 4.79 Å². The van der Waals surface area contributed by atoms with Crippen LogP contribution < -0.4 is 10.1 Å². The highest BCUT2D eigenvalue weighted by atomic mass is 32.1. The highest BCUT2D eigenvalue weighted by molar-refractivity contribution is 7.13. The molecule has 1 heterocycles. The molecular formula is C22H22N2O4S. The van der Waals surface area contributed by atoms with Gasteiger partial charge in [0.05, 0.1) is 17.9 Å². The molecule has 0 saturated heterocycles. The van der Waals surface area contributed by atoms with Crippen LogP contribution in [0.2, 0.25) is 0 Å². The third-order valence-corrected chi connectivity index (χ3v) is 5.16. The number of carbonyl (C=O) groups is 2. The lowest BCUT2D eigenvalue weighted by Crippen LogP contribution is -2.12. The van der Waals surface area contributed by atoms with Gasteiger partial charge < -0.3 is 14.8 Å². The van der Waals surface area contributed by atoms with Gasteiger partial charge in [0.15, 0.2) is 0 Å². The molecule has 0 saturated carbocycles. The zero-order valence-electron chi connectivity index (χ0n) is 16.5. The van der Waals surface area contributed by atoms with Crippen LogP contribution in [0, 0.1) is 13.8 Å². The number of ether oxygens (including phenoxy) is 2. The number of nitrogens with one attached hydrogen (secondary N) is 1. The smallest absolute Gasteiger partial charge is 0.338 e. The van der Waals surface area contributed by atoms with Crippen LogP contribution in [-0.4, -0.2) is 23.5 Å². The number of nitrogens with zero attached hydrogens (tertiary/aromatic N) is 1. The van der Waals surface area contributed by atoms with Crippen molar-refractivity contribution in [2.24, 2.45) is 0 Å². The molecule has 0 radical (unpaired) electrons. The van der Waals surface area contributed by atoms with Crippen LogP contribution in [0.15, 0.2) is 48.5 Å². The third-order valence-electron chi connectivity index (χ3n) is 4.03. The van der Waals surface area contributed by atoms with Gasteiger partial charge in [0.1, 0.15) is 22.2 Å². The monoisotopic (exact) mass is 410 g/mol. The lowest BCUT2D eigenvalue weighted by atomic mass is 10.2. The molecule has 1 aromatic heterocycles. The fourth-order valence-corrected chi connectivity index (χ4v) is 3.57. The molecule has 0 aliphatic carbocycles. The molecule has 0 fully saturated rings. The van der Waals surface area contributed by atoms with Crippen molar-refractivity contribution in [3.63, 3.8) is 0 Å². The zero-order chi connectivity index (χ0) is 20.8. The number of amides is 1. The molecule has 0 unspecified atom stereocenters. The fraction of sp³-hybridized carbons (Fsp3) is 0.227. The first kappa shape index (κ1) is 20.5. The number of hydrogen-bond donors (Lipinski definition) is 1. The Morgan fingerprint density at radius 2 is 1.90 bits per heavy atom. The second-order valence-corrected chi connectivity index (χ2v) is 7.47. The van der Waals surface area contributed by atoms with E-state index in [2.05, 4.69) is 10.3 Å². The Hall–Kier alpha value is -3.19. The summed E-state index contributed by atoms with van der Waals surface area (Å²) in [6.07, 6.45) is 0. The normalized spacial score (nSPS) is 10.4. The molecule has 1 amide bonds. The van der Waals surface area contributed by atoms with Gasteiger partial charge in [-0.2, -0.15) is 0 Å². The molecule has 0 spiro atoms. The highest BCUT2D eigenvalue weighted by Gasteiger charge is 2.17. The van der Waals surface area contributed by atoms with Gasteiger partial charge in [0, 0.05) is 5.69 Å². The minimum atomic E-state index is -0.423. The predicted octanol–water partition coefficient (Wildman–Crippen LogP) is 4.77. The van der Waals surface area contributed by atoms with Gasteiger partial charge in [0.2, 0.25) is 0 Å². The Bertz CT molecular complexity index is 1030. The average Bonchev–Trinajstić information content (AvgIpc) is 3.08. The van der Waals surface area contributed by atoms with Crippen molar-refractivity contribution < 1.29 is 19.1 Å². The summed E-state index contributed by atoms with van der Waals surface area (Å²) in [7, 11) is 0. The standard InChI is InChI=1S/C22H22N2O4S/c1-4-27-22(26)16-8-6-9-17(12-16)24-21(25)20-15(3)23-19(29-20)13-28-18-10-5-7-14(2)11-18/h5-12H,4,13H2,1-3H3,(H,24,25). The molecule has 7 heteroatoms. The molecule has 2 aromatic carbocycles. The summed E-state index contributed by atoms with van der Waals surface area (Å²) in [4.78, 5) is 29.5. The van der Waals surface area contributed by atoms with Crippen LogP contribution in [0.5, 0.6) is 5.75 Å². The highest BCUT2D eigenvalue weighted by Crippen LogP contribution is 2.22. The van der Waals surface area contributed by atoms with Crippen molar-refractivity contribution in [1.29, 1.82) is 0 Å². The summed E-state index contributed by atoms with van der Waals surface area (Å²) in [6, 6.07) is 14.4. The molecule has 0 atom stereocenters. The minimum Gasteiger partial charge on any atom is -0.486 e. The van der Waals surface area contributed by atoms with Crippen molar-refractivity contribution in [3.8, 4) is 5.75 Å². The Labute approximate surface area is 173 Å². The summed E-state index contributed by atoms with van der Waals surface area (Å²) in [5, 5.41) is 3.53. The van der Waals surface area contributed by atoms with Crippen LogP contribution in [0.3, 0.4) is 0 Å². The second kappa shape index (κ2) is 9.34. The summed E-state index contributed by atoms with van der Waals surface area (Å²) < 4.78 is 10.8. The number of thiazole rings is 1. The minimum absolute atomic E-state index is 0.275. The van der Waals surface area contributed by atoms with Gasteiger partial charge in [-0.25, -0.2) is 9.78 Å². The molecule has 3 rings (SSSR count). The molecule has 0 aliphatic heterocycles. The van der Waals surface area contributed by atoms with E-state index in [1.807, 2.05) is 31.2 Å². The van der Waals surface area contributed by atoms with Crippen LogP contribution in [0.4, 0.5) is 5.69 Å². The van der Waals surface area contributed by atoms with Crippen molar-refractivity contribution in [2.75, 3.05) is 11.9 Å². The lowest BCUT2D eigenvalue weighted by Gasteiger charge is -2.06. The zero-order valence-corrected chi connectivity index (χ0v) is 17.3. The summed E-state index contributed by atoms with van der Waals surface area (Å²) >= 11 is 1.29. The lowest BCUT2D eigenvalue weighted by molar-refractivity contribution is 0.0526. The number of benzene rings is 2. The fourth-order valence-electron chi connectivity index (χ4n) is 2.70. The second-order valence-electron chi connectivity index (χ2n) is 6.38. The average molecular weight is 410 g/mol. The first-order valence-corrected chi connectivity index (χ1v) is 10.0. The van der Waals surface area contributed by atoms with Crippen LogP contribution >= 0.6 is 11.3 Å². The molecule has 3 aromatic rings. The van der Waals surface area contributed by atoms with Gasteiger partial charge >= 0.3 is 5.97 Å². The van der Waals surface area contributed by atoms with E-state index in [0.717, 1.165) is 16.3 Å². The maximum Gasteiger partial charge on any atom is 0.338 e. The topological polar surface area (TPSA) is 77.5 Å².